The number of halogens is 1. The molecule has 2 N–H and O–H groups in total. The molecule has 0 amide bonds. The van der Waals surface area contributed by atoms with Crippen LogP contribution in [0.1, 0.15) is 0 Å². The largest absolute Gasteiger partial charge is 0.327 e. The lowest BCUT2D eigenvalue weighted by Crippen LogP contribution is -2.16. The standard InChI is InChI=1S/C6H5ClN4O2/c1-11-2-3(9-6(11)13)8-5(7)10-4(2)12/h1H3,(H2,8,9,10,12,13). The number of nitrogens with zero attached hydrogens (tertiary/aromatic N) is 2. The van der Waals surface area contributed by atoms with Gasteiger partial charge >= 0.3 is 5.69 Å². The summed E-state index contributed by atoms with van der Waals surface area (Å²) in [6.07, 6.45) is 0. The van der Waals surface area contributed by atoms with Gasteiger partial charge in [-0.05, 0) is 11.6 Å². The van der Waals surface area contributed by atoms with E-state index in [1.165, 1.54) is 11.6 Å². The van der Waals surface area contributed by atoms with Crippen LogP contribution < -0.4 is 11.2 Å². The predicted molar refractivity (Wildman–Crippen MR) is 47.0 cm³/mol. The van der Waals surface area contributed by atoms with E-state index in [1.807, 2.05) is 0 Å². The number of hydrogen-bond donors (Lipinski definition) is 2. The molecule has 0 aliphatic heterocycles. The first kappa shape index (κ1) is 8.06. The zero-order valence-corrected chi connectivity index (χ0v) is 7.34. The molecule has 2 aromatic rings. The molecule has 0 saturated carbocycles. The number of nitrogens with one attached hydrogen (secondary N) is 2. The van der Waals surface area contributed by atoms with Crippen molar-refractivity contribution in [2.75, 3.05) is 0 Å². The lowest BCUT2D eigenvalue weighted by molar-refractivity contribution is 0.885. The Morgan fingerprint density at radius 2 is 2.08 bits per heavy atom. The third-order valence-corrected chi connectivity index (χ3v) is 1.91. The lowest BCUT2D eigenvalue weighted by Gasteiger charge is -1.91. The number of fused-ring (bicyclic) bond motifs is 1. The number of aromatic amines is 2. The molecule has 2 rings (SSSR count). The van der Waals surface area contributed by atoms with E-state index >= 15 is 0 Å². The van der Waals surface area contributed by atoms with E-state index < -0.39 is 11.2 Å². The Morgan fingerprint density at radius 1 is 1.38 bits per heavy atom. The van der Waals surface area contributed by atoms with Gasteiger partial charge in [-0.1, -0.05) is 0 Å². The molecular formula is C6H5ClN4O2. The Hall–Kier alpha value is -1.56. The van der Waals surface area contributed by atoms with Crippen LogP contribution >= 0.6 is 11.6 Å². The summed E-state index contributed by atoms with van der Waals surface area (Å²) in [7, 11) is 1.48. The highest BCUT2D eigenvalue weighted by molar-refractivity contribution is 6.28. The average molecular weight is 201 g/mol. The Labute approximate surface area is 76.2 Å². The molecule has 13 heavy (non-hydrogen) atoms. The van der Waals surface area contributed by atoms with E-state index in [1.54, 1.807) is 0 Å². The predicted octanol–water partition coefficient (Wildman–Crippen LogP) is -0.397. The molecule has 6 nitrogen and oxygen atoms in total. The number of hydrogen-bond acceptors (Lipinski definition) is 3. The summed E-state index contributed by atoms with van der Waals surface area (Å²) in [6, 6.07) is 0. The van der Waals surface area contributed by atoms with Crippen molar-refractivity contribution in [1.82, 2.24) is 19.5 Å². The van der Waals surface area contributed by atoms with Crippen LogP contribution in [0.4, 0.5) is 0 Å². The summed E-state index contributed by atoms with van der Waals surface area (Å²) in [5, 5.41) is -0.0423. The van der Waals surface area contributed by atoms with Crippen molar-refractivity contribution in [3.05, 3.63) is 26.1 Å². The Morgan fingerprint density at radius 3 is 2.77 bits per heavy atom. The van der Waals surface area contributed by atoms with Crippen LogP contribution in [0.15, 0.2) is 9.59 Å². The number of H-pyrrole nitrogens is 2. The minimum absolute atomic E-state index is 0.0423. The fraction of sp³-hybridized carbons (Fsp3) is 0.167. The normalized spacial score (nSPS) is 10.9. The van der Waals surface area contributed by atoms with E-state index in [-0.39, 0.29) is 16.4 Å². The fourth-order valence-electron chi connectivity index (χ4n) is 1.12. The zero-order chi connectivity index (χ0) is 9.59. The maximum Gasteiger partial charge on any atom is 0.327 e. The summed E-state index contributed by atoms with van der Waals surface area (Å²) >= 11 is 5.49. The highest BCUT2D eigenvalue weighted by atomic mass is 35.5. The average Bonchev–Trinajstić information content (AvgIpc) is 2.27. The second-order valence-corrected chi connectivity index (χ2v) is 2.90. The minimum Gasteiger partial charge on any atom is -0.295 e. The fourth-order valence-corrected chi connectivity index (χ4v) is 1.29. The van der Waals surface area contributed by atoms with Gasteiger partial charge in [0.05, 0.1) is 0 Å². The first-order valence-corrected chi connectivity index (χ1v) is 3.82. The molecule has 0 fully saturated rings. The monoisotopic (exact) mass is 200 g/mol. The van der Waals surface area contributed by atoms with Gasteiger partial charge in [0.1, 0.15) is 0 Å². The van der Waals surface area contributed by atoms with E-state index in [9.17, 15) is 9.59 Å². The third kappa shape index (κ3) is 1.06. The van der Waals surface area contributed by atoms with Gasteiger partial charge in [-0.2, -0.15) is 4.98 Å². The molecule has 0 spiro atoms. The van der Waals surface area contributed by atoms with Gasteiger partial charge in [-0.3, -0.25) is 19.3 Å². The van der Waals surface area contributed by atoms with Crippen molar-refractivity contribution >= 4 is 22.8 Å². The van der Waals surface area contributed by atoms with Gasteiger partial charge in [0, 0.05) is 7.05 Å². The van der Waals surface area contributed by atoms with E-state index in [2.05, 4.69) is 15.0 Å². The van der Waals surface area contributed by atoms with Crippen molar-refractivity contribution in [3.63, 3.8) is 0 Å². The van der Waals surface area contributed by atoms with Crippen LogP contribution in [0, 0.1) is 0 Å². The van der Waals surface area contributed by atoms with Crippen LogP contribution in [-0.2, 0) is 7.05 Å². The Kier molecular flexibility index (Phi) is 1.53. The maximum atomic E-state index is 11.3. The second kappa shape index (κ2) is 2.46. The quantitative estimate of drug-likeness (QED) is 0.568. The molecule has 0 aromatic carbocycles. The van der Waals surface area contributed by atoms with Gasteiger partial charge in [-0.15, -0.1) is 0 Å². The molecule has 0 atom stereocenters. The van der Waals surface area contributed by atoms with Gasteiger partial charge < -0.3 is 0 Å². The number of aryl methyl sites for hydroxylation is 1. The summed E-state index contributed by atoms with van der Waals surface area (Å²) < 4.78 is 1.18. The van der Waals surface area contributed by atoms with Crippen LogP contribution in [0.5, 0.6) is 0 Å². The summed E-state index contributed by atoms with van der Waals surface area (Å²) in [4.78, 5) is 30.8. The molecule has 0 bridgehead atoms. The zero-order valence-electron chi connectivity index (χ0n) is 6.59. The molecule has 2 aromatic heterocycles. The molecule has 7 heteroatoms. The number of rotatable bonds is 0. The maximum absolute atomic E-state index is 11.3. The second-order valence-electron chi connectivity index (χ2n) is 2.54. The van der Waals surface area contributed by atoms with Crippen molar-refractivity contribution in [1.29, 1.82) is 0 Å². The van der Waals surface area contributed by atoms with E-state index in [4.69, 9.17) is 11.6 Å². The topological polar surface area (TPSA) is 83.5 Å². The molecule has 2 heterocycles. The van der Waals surface area contributed by atoms with Crippen molar-refractivity contribution in [2.45, 2.75) is 0 Å². The van der Waals surface area contributed by atoms with Gasteiger partial charge in [0.15, 0.2) is 11.2 Å². The highest BCUT2D eigenvalue weighted by Crippen LogP contribution is 2.02. The van der Waals surface area contributed by atoms with Crippen LogP contribution in [0.2, 0.25) is 5.28 Å². The Bertz CT molecular complexity index is 578. The van der Waals surface area contributed by atoms with Crippen LogP contribution in [0.3, 0.4) is 0 Å². The SMILES string of the molecule is Cn1c(=O)[nH]c2nc(Cl)[nH]c(=O)c21. The first-order chi connectivity index (χ1) is 6.09. The van der Waals surface area contributed by atoms with Gasteiger partial charge in [0.2, 0.25) is 5.28 Å². The van der Waals surface area contributed by atoms with E-state index in [0.29, 0.717) is 0 Å². The highest BCUT2D eigenvalue weighted by Gasteiger charge is 2.08. The van der Waals surface area contributed by atoms with Crippen molar-refractivity contribution < 1.29 is 0 Å². The molecule has 0 radical (unpaired) electrons. The van der Waals surface area contributed by atoms with Gasteiger partial charge in [-0.25, -0.2) is 4.79 Å². The van der Waals surface area contributed by atoms with Gasteiger partial charge in [0.25, 0.3) is 5.56 Å². The number of imidazole rings is 1. The first-order valence-electron chi connectivity index (χ1n) is 3.44. The number of aromatic nitrogens is 4. The molecule has 0 aliphatic carbocycles. The molecule has 0 saturated heterocycles. The van der Waals surface area contributed by atoms with Crippen molar-refractivity contribution in [2.24, 2.45) is 7.05 Å². The van der Waals surface area contributed by atoms with Crippen LogP contribution in [-0.4, -0.2) is 19.5 Å². The van der Waals surface area contributed by atoms with E-state index in [0.717, 1.165) is 0 Å². The summed E-state index contributed by atoms with van der Waals surface area (Å²) in [5.74, 6) is 0. The minimum atomic E-state index is -0.434. The smallest absolute Gasteiger partial charge is 0.295 e. The summed E-state index contributed by atoms with van der Waals surface area (Å²) in [6.45, 7) is 0. The third-order valence-electron chi connectivity index (χ3n) is 1.73. The molecule has 0 unspecified atom stereocenters. The lowest BCUT2D eigenvalue weighted by atomic mass is 10.5. The Balaban J connectivity index is 3.12. The summed E-state index contributed by atoms with van der Waals surface area (Å²) in [5.41, 5.74) is -0.443. The molecular weight excluding hydrogens is 196 g/mol. The van der Waals surface area contributed by atoms with Crippen LogP contribution in [0.25, 0.3) is 11.2 Å². The molecule has 68 valence electrons. The molecule has 0 aliphatic rings. The van der Waals surface area contributed by atoms with Crippen molar-refractivity contribution in [3.8, 4) is 0 Å².